The molecule has 3 aromatic rings. The maximum absolute atomic E-state index is 12.2. The fourth-order valence-electron chi connectivity index (χ4n) is 2.53. The first-order chi connectivity index (χ1) is 10.8. The molecule has 2 aromatic carbocycles. The topological polar surface area (TPSA) is 34.9 Å². The fraction of sp³-hybridized carbons (Fsp3) is 0.158. The molecule has 3 heteroatoms. The minimum Gasteiger partial charge on any atom is -0.324 e. The van der Waals surface area contributed by atoms with E-state index in [4.69, 9.17) is 0 Å². The van der Waals surface area contributed by atoms with E-state index in [9.17, 15) is 4.79 Å². The molecule has 22 heavy (non-hydrogen) atoms. The predicted molar refractivity (Wildman–Crippen MR) is 89.8 cm³/mol. The van der Waals surface area contributed by atoms with Crippen LogP contribution in [0.15, 0.2) is 60.7 Å². The summed E-state index contributed by atoms with van der Waals surface area (Å²) in [6.07, 6.45) is 4.43. The van der Waals surface area contributed by atoms with Crippen molar-refractivity contribution in [2.75, 3.05) is 0 Å². The van der Waals surface area contributed by atoms with E-state index in [0.717, 1.165) is 29.8 Å². The summed E-state index contributed by atoms with van der Waals surface area (Å²) in [5, 5.41) is 0. The van der Waals surface area contributed by atoms with Gasteiger partial charge in [-0.15, -0.1) is 0 Å². The summed E-state index contributed by atoms with van der Waals surface area (Å²) in [5.41, 5.74) is 2.76. The van der Waals surface area contributed by atoms with Crippen LogP contribution in [0.5, 0.6) is 0 Å². The Hall–Kier alpha value is -2.68. The Balaban J connectivity index is 1.94. The van der Waals surface area contributed by atoms with Crippen LogP contribution in [0.4, 0.5) is 0 Å². The molecular weight excluding hydrogens is 272 g/mol. The van der Waals surface area contributed by atoms with Crippen LogP contribution in [-0.2, 0) is 6.54 Å². The third-order valence-corrected chi connectivity index (χ3v) is 3.57. The van der Waals surface area contributed by atoms with Crippen LogP contribution in [0.2, 0.25) is 0 Å². The Kier molecular flexibility index (Phi) is 4.15. The van der Waals surface area contributed by atoms with Gasteiger partial charge in [0, 0.05) is 12.1 Å². The minimum atomic E-state index is -0.00398. The van der Waals surface area contributed by atoms with E-state index in [1.807, 2.05) is 54.6 Å². The lowest BCUT2D eigenvalue weighted by Gasteiger charge is -2.04. The number of aryl methyl sites for hydroxylation is 1. The first kappa shape index (κ1) is 14.3. The van der Waals surface area contributed by atoms with Crippen molar-refractivity contribution in [3.63, 3.8) is 0 Å². The van der Waals surface area contributed by atoms with Gasteiger partial charge in [-0.1, -0.05) is 49.4 Å². The maximum Gasteiger partial charge on any atom is 0.185 e. The Morgan fingerprint density at radius 2 is 1.82 bits per heavy atom. The third kappa shape index (κ3) is 2.84. The SMILES string of the molecule is CCCn1c(/C=C/C(=O)c2ccccc2)nc2ccccc21. The fourth-order valence-corrected chi connectivity index (χ4v) is 2.53. The summed E-state index contributed by atoms with van der Waals surface area (Å²) in [7, 11) is 0. The lowest BCUT2D eigenvalue weighted by atomic mass is 10.1. The summed E-state index contributed by atoms with van der Waals surface area (Å²) < 4.78 is 2.16. The monoisotopic (exact) mass is 290 g/mol. The number of allylic oxidation sites excluding steroid dienone is 1. The van der Waals surface area contributed by atoms with Gasteiger partial charge in [0.15, 0.2) is 5.78 Å². The number of hydrogen-bond acceptors (Lipinski definition) is 2. The second kappa shape index (κ2) is 6.39. The maximum atomic E-state index is 12.2. The summed E-state index contributed by atoms with van der Waals surface area (Å²) >= 11 is 0. The van der Waals surface area contributed by atoms with Gasteiger partial charge < -0.3 is 4.57 Å². The molecule has 3 nitrogen and oxygen atoms in total. The quantitative estimate of drug-likeness (QED) is 0.517. The molecule has 0 fully saturated rings. The zero-order valence-electron chi connectivity index (χ0n) is 12.6. The standard InChI is InChI=1S/C19H18N2O/c1-2-14-21-17-11-7-6-10-16(17)20-19(21)13-12-18(22)15-8-4-3-5-9-15/h3-13H,2,14H2,1H3/b13-12+. The van der Waals surface area contributed by atoms with Crippen LogP contribution in [0.3, 0.4) is 0 Å². The van der Waals surface area contributed by atoms with Crippen molar-refractivity contribution < 1.29 is 4.79 Å². The van der Waals surface area contributed by atoms with Crippen molar-refractivity contribution in [1.82, 2.24) is 9.55 Å². The molecule has 0 aliphatic carbocycles. The Morgan fingerprint density at radius 3 is 2.59 bits per heavy atom. The number of benzene rings is 2. The molecule has 0 amide bonds. The average Bonchev–Trinajstić information content (AvgIpc) is 2.92. The van der Waals surface area contributed by atoms with Crippen LogP contribution in [0, 0.1) is 0 Å². The molecule has 1 aromatic heterocycles. The number of imidazole rings is 1. The Labute approximate surface area is 129 Å². The Bertz CT molecular complexity index is 816. The highest BCUT2D eigenvalue weighted by Gasteiger charge is 2.08. The van der Waals surface area contributed by atoms with Crippen LogP contribution in [-0.4, -0.2) is 15.3 Å². The number of carbonyl (C=O) groups is 1. The minimum absolute atomic E-state index is 0.00398. The molecule has 0 unspecified atom stereocenters. The van der Waals surface area contributed by atoms with E-state index in [1.165, 1.54) is 0 Å². The molecule has 0 radical (unpaired) electrons. The van der Waals surface area contributed by atoms with Crippen molar-refractivity contribution in [1.29, 1.82) is 0 Å². The molecule has 0 aliphatic rings. The molecule has 0 N–H and O–H groups in total. The van der Waals surface area contributed by atoms with Crippen LogP contribution in [0.25, 0.3) is 17.1 Å². The van der Waals surface area contributed by atoms with Gasteiger partial charge in [-0.3, -0.25) is 4.79 Å². The Morgan fingerprint density at radius 1 is 1.09 bits per heavy atom. The van der Waals surface area contributed by atoms with Crippen LogP contribution < -0.4 is 0 Å². The summed E-state index contributed by atoms with van der Waals surface area (Å²) in [4.78, 5) is 16.8. The molecule has 0 saturated carbocycles. The van der Waals surface area contributed by atoms with Crippen LogP contribution >= 0.6 is 0 Å². The number of carbonyl (C=O) groups excluding carboxylic acids is 1. The highest BCUT2D eigenvalue weighted by Crippen LogP contribution is 2.17. The van der Waals surface area contributed by atoms with Crippen molar-refractivity contribution in [3.8, 4) is 0 Å². The van der Waals surface area contributed by atoms with Gasteiger partial charge in [0.2, 0.25) is 0 Å². The predicted octanol–water partition coefficient (Wildman–Crippen LogP) is 4.34. The van der Waals surface area contributed by atoms with E-state index in [2.05, 4.69) is 22.5 Å². The highest BCUT2D eigenvalue weighted by molar-refractivity contribution is 6.06. The van der Waals surface area contributed by atoms with Gasteiger partial charge in [0.05, 0.1) is 11.0 Å². The summed E-state index contributed by atoms with van der Waals surface area (Å²) in [6.45, 7) is 3.02. The first-order valence-corrected chi connectivity index (χ1v) is 7.52. The van der Waals surface area contributed by atoms with E-state index in [0.29, 0.717) is 5.56 Å². The zero-order valence-corrected chi connectivity index (χ0v) is 12.6. The molecule has 3 rings (SSSR count). The van der Waals surface area contributed by atoms with E-state index < -0.39 is 0 Å². The highest BCUT2D eigenvalue weighted by atomic mass is 16.1. The van der Waals surface area contributed by atoms with Crippen molar-refractivity contribution in [2.45, 2.75) is 19.9 Å². The van der Waals surface area contributed by atoms with E-state index in [-0.39, 0.29) is 5.78 Å². The molecule has 0 atom stereocenters. The first-order valence-electron chi connectivity index (χ1n) is 7.52. The van der Waals surface area contributed by atoms with Gasteiger partial charge in [-0.2, -0.15) is 0 Å². The lowest BCUT2D eigenvalue weighted by Crippen LogP contribution is -2.00. The molecule has 0 saturated heterocycles. The lowest BCUT2D eigenvalue weighted by molar-refractivity contribution is 0.104. The number of ketones is 1. The molecule has 0 aliphatic heterocycles. The van der Waals surface area contributed by atoms with Gasteiger partial charge in [-0.05, 0) is 30.7 Å². The largest absolute Gasteiger partial charge is 0.324 e. The molecule has 0 bridgehead atoms. The smallest absolute Gasteiger partial charge is 0.185 e. The van der Waals surface area contributed by atoms with E-state index in [1.54, 1.807) is 6.08 Å². The van der Waals surface area contributed by atoms with E-state index >= 15 is 0 Å². The number of para-hydroxylation sites is 2. The van der Waals surface area contributed by atoms with Gasteiger partial charge >= 0.3 is 0 Å². The van der Waals surface area contributed by atoms with Gasteiger partial charge in [-0.25, -0.2) is 4.98 Å². The zero-order chi connectivity index (χ0) is 15.4. The van der Waals surface area contributed by atoms with Crippen molar-refractivity contribution in [2.24, 2.45) is 0 Å². The second-order valence-electron chi connectivity index (χ2n) is 5.17. The van der Waals surface area contributed by atoms with Crippen LogP contribution in [0.1, 0.15) is 29.5 Å². The average molecular weight is 290 g/mol. The molecule has 0 spiro atoms. The summed E-state index contributed by atoms with van der Waals surface area (Å²) in [5.74, 6) is 0.822. The van der Waals surface area contributed by atoms with Crippen molar-refractivity contribution >= 4 is 22.9 Å². The number of hydrogen-bond donors (Lipinski definition) is 0. The number of nitrogens with zero attached hydrogens (tertiary/aromatic N) is 2. The third-order valence-electron chi connectivity index (χ3n) is 3.57. The number of fused-ring (bicyclic) bond motifs is 1. The number of aromatic nitrogens is 2. The normalized spacial score (nSPS) is 11.3. The molecule has 110 valence electrons. The number of rotatable bonds is 5. The molecular formula is C19H18N2O. The van der Waals surface area contributed by atoms with Gasteiger partial charge in [0.1, 0.15) is 5.82 Å². The van der Waals surface area contributed by atoms with Gasteiger partial charge in [0.25, 0.3) is 0 Å². The second-order valence-corrected chi connectivity index (χ2v) is 5.17. The molecule has 1 heterocycles. The van der Waals surface area contributed by atoms with Crippen molar-refractivity contribution in [3.05, 3.63) is 72.1 Å². The summed E-state index contributed by atoms with van der Waals surface area (Å²) in [6, 6.07) is 17.3.